The molecule has 0 aliphatic rings. The van der Waals surface area contributed by atoms with E-state index in [2.05, 4.69) is 5.10 Å². The van der Waals surface area contributed by atoms with Crippen molar-refractivity contribution in [2.45, 2.75) is 6.18 Å². The quantitative estimate of drug-likeness (QED) is 0.747. The van der Waals surface area contributed by atoms with Crippen LogP contribution in [0.25, 0.3) is 0 Å². The maximum atomic E-state index is 13.7. The van der Waals surface area contributed by atoms with Gasteiger partial charge in [-0.3, -0.25) is 5.10 Å². The summed E-state index contributed by atoms with van der Waals surface area (Å²) in [7, 11) is -3.47. The van der Waals surface area contributed by atoms with Gasteiger partial charge < -0.3 is 4.57 Å². The topological polar surface area (TPSA) is 45.8 Å². The highest BCUT2D eigenvalue weighted by atomic mass is 31.2. The number of halogens is 3. The second kappa shape index (κ2) is 5.70. The summed E-state index contributed by atoms with van der Waals surface area (Å²) in [5.74, 6) is 0. The monoisotopic (exact) mass is 336 g/mol. The zero-order chi connectivity index (χ0) is 16.5. The van der Waals surface area contributed by atoms with Gasteiger partial charge in [-0.25, -0.2) is 0 Å². The van der Waals surface area contributed by atoms with Crippen molar-refractivity contribution in [1.29, 1.82) is 0 Å². The van der Waals surface area contributed by atoms with Crippen LogP contribution in [-0.2, 0) is 10.7 Å². The molecule has 0 amide bonds. The minimum Gasteiger partial charge on any atom is -0.307 e. The van der Waals surface area contributed by atoms with E-state index >= 15 is 0 Å². The Morgan fingerprint density at radius 3 is 1.74 bits per heavy atom. The van der Waals surface area contributed by atoms with Gasteiger partial charge in [0.05, 0.1) is 0 Å². The Hall–Kier alpha value is -2.33. The molecule has 3 aromatic rings. The molecule has 0 aliphatic heterocycles. The van der Waals surface area contributed by atoms with Gasteiger partial charge in [0.1, 0.15) is 11.1 Å². The molecule has 0 saturated heterocycles. The molecule has 0 fully saturated rings. The second-order valence-electron chi connectivity index (χ2n) is 4.92. The van der Waals surface area contributed by atoms with Crippen LogP contribution in [0.2, 0.25) is 0 Å². The van der Waals surface area contributed by atoms with E-state index in [4.69, 9.17) is 0 Å². The number of nitrogens with zero attached hydrogens (tertiary/aromatic N) is 1. The van der Waals surface area contributed by atoms with Crippen molar-refractivity contribution in [1.82, 2.24) is 10.2 Å². The summed E-state index contributed by atoms with van der Waals surface area (Å²) in [4.78, 5) is 0. The molecule has 118 valence electrons. The number of rotatable bonds is 3. The molecule has 0 saturated carbocycles. The number of alkyl halides is 3. The number of hydrogen-bond acceptors (Lipinski definition) is 2. The van der Waals surface area contributed by atoms with Gasteiger partial charge in [-0.15, -0.1) is 0 Å². The van der Waals surface area contributed by atoms with Crippen molar-refractivity contribution in [3.8, 4) is 0 Å². The Bertz CT molecular complexity index is 801. The van der Waals surface area contributed by atoms with Gasteiger partial charge in [0.2, 0.25) is 0 Å². The molecule has 1 aromatic heterocycles. The lowest BCUT2D eigenvalue weighted by atomic mass is 10.4. The van der Waals surface area contributed by atoms with Crippen molar-refractivity contribution in [2.75, 3.05) is 0 Å². The predicted octanol–water partition coefficient (Wildman–Crippen LogP) is 3.07. The van der Waals surface area contributed by atoms with Gasteiger partial charge in [-0.2, -0.15) is 18.3 Å². The highest BCUT2D eigenvalue weighted by molar-refractivity contribution is 7.85. The SMILES string of the molecule is O=P(c1ccccc1)(c1ccccc1)c1cc(C(F)(F)F)[nH]n1. The smallest absolute Gasteiger partial charge is 0.307 e. The molecule has 7 heteroatoms. The number of hydrogen-bond donors (Lipinski definition) is 1. The molecular weight excluding hydrogens is 324 g/mol. The van der Waals surface area contributed by atoms with E-state index in [0.29, 0.717) is 10.6 Å². The second-order valence-corrected chi connectivity index (χ2v) is 7.63. The largest absolute Gasteiger partial charge is 0.432 e. The maximum absolute atomic E-state index is 13.7. The average molecular weight is 336 g/mol. The Morgan fingerprint density at radius 2 is 1.35 bits per heavy atom. The standard InChI is InChI=1S/C16H12F3N2OP/c17-16(18,19)14-11-15(21-20-14)23(22,12-7-3-1-4-8-12)13-9-5-2-6-10-13/h1-11H,(H,20,21). The van der Waals surface area contributed by atoms with Crippen LogP contribution in [-0.4, -0.2) is 10.2 Å². The van der Waals surface area contributed by atoms with Crippen LogP contribution in [0, 0.1) is 0 Å². The number of H-pyrrole nitrogens is 1. The molecule has 23 heavy (non-hydrogen) atoms. The number of aromatic amines is 1. The predicted molar refractivity (Wildman–Crippen MR) is 83.0 cm³/mol. The number of aromatic nitrogens is 2. The van der Waals surface area contributed by atoms with Crippen molar-refractivity contribution >= 4 is 23.2 Å². The van der Waals surface area contributed by atoms with E-state index in [0.717, 1.165) is 6.07 Å². The summed E-state index contributed by atoms with van der Waals surface area (Å²) in [5.41, 5.74) is -1.12. The summed E-state index contributed by atoms with van der Waals surface area (Å²) < 4.78 is 52.2. The van der Waals surface area contributed by atoms with E-state index in [9.17, 15) is 17.7 Å². The summed E-state index contributed by atoms with van der Waals surface area (Å²) in [6.45, 7) is 0. The molecule has 3 rings (SSSR count). The van der Waals surface area contributed by atoms with Gasteiger partial charge in [-0.1, -0.05) is 60.7 Å². The fraction of sp³-hybridized carbons (Fsp3) is 0.0625. The van der Waals surface area contributed by atoms with Gasteiger partial charge in [-0.05, 0) is 6.07 Å². The van der Waals surface area contributed by atoms with Crippen molar-refractivity contribution in [2.24, 2.45) is 0 Å². The average Bonchev–Trinajstić information content (AvgIpc) is 3.06. The van der Waals surface area contributed by atoms with Crippen LogP contribution < -0.4 is 16.0 Å². The summed E-state index contributed by atoms with van der Waals surface area (Å²) in [6.07, 6.45) is -4.57. The Labute approximate surface area is 130 Å². The maximum Gasteiger partial charge on any atom is 0.432 e. The number of benzene rings is 2. The molecule has 0 atom stereocenters. The van der Waals surface area contributed by atoms with E-state index < -0.39 is 19.0 Å². The van der Waals surface area contributed by atoms with Crippen LogP contribution in [0.5, 0.6) is 0 Å². The first-order chi connectivity index (χ1) is 10.9. The van der Waals surface area contributed by atoms with Crippen molar-refractivity contribution in [3.63, 3.8) is 0 Å². The molecule has 3 nitrogen and oxygen atoms in total. The van der Waals surface area contributed by atoms with Crippen molar-refractivity contribution < 1.29 is 17.7 Å². The van der Waals surface area contributed by atoms with E-state index in [-0.39, 0.29) is 5.44 Å². The lowest BCUT2D eigenvalue weighted by Crippen LogP contribution is -2.25. The summed E-state index contributed by atoms with van der Waals surface area (Å²) in [6, 6.07) is 17.7. The highest BCUT2D eigenvalue weighted by Gasteiger charge is 2.38. The molecule has 0 spiro atoms. The third-order valence-corrected chi connectivity index (χ3v) is 6.36. The van der Waals surface area contributed by atoms with E-state index in [1.54, 1.807) is 60.7 Å². The molecule has 1 N–H and O–H groups in total. The van der Waals surface area contributed by atoms with Gasteiger partial charge in [0.15, 0.2) is 7.14 Å². The molecule has 2 aromatic carbocycles. The van der Waals surface area contributed by atoms with Crippen LogP contribution in [0.1, 0.15) is 5.69 Å². The molecule has 0 unspecified atom stereocenters. The van der Waals surface area contributed by atoms with Crippen molar-refractivity contribution in [3.05, 3.63) is 72.4 Å². The molecular formula is C16H12F3N2OP. The minimum atomic E-state index is -4.57. The summed E-state index contributed by atoms with van der Waals surface area (Å²) >= 11 is 0. The highest BCUT2D eigenvalue weighted by Crippen LogP contribution is 2.42. The first-order valence-corrected chi connectivity index (χ1v) is 8.47. The number of nitrogens with one attached hydrogen (secondary N) is 1. The first-order valence-electron chi connectivity index (χ1n) is 6.77. The van der Waals surface area contributed by atoms with Crippen LogP contribution in [0.3, 0.4) is 0 Å². The van der Waals surface area contributed by atoms with Gasteiger partial charge in [0.25, 0.3) is 0 Å². The lowest BCUT2D eigenvalue weighted by Gasteiger charge is -2.16. The van der Waals surface area contributed by atoms with Gasteiger partial charge in [0, 0.05) is 10.6 Å². The minimum absolute atomic E-state index is 0.109. The van der Waals surface area contributed by atoms with E-state index in [1.165, 1.54) is 0 Å². The molecule has 0 radical (unpaired) electrons. The molecule has 0 aliphatic carbocycles. The Balaban J connectivity index is 2.22. The van der Waals surface area contributed by atoms with Crippen LogP contribution in [0.4, 0.5) is 13.2 Å². The zero-order valence-electron chi connectivity index (χ0n) is 11.8. The molecule has 1 heterocycles. The lowest BCUT2D eigenvalue weighted by molar-refractivity contribution is -0.141. The normalized spacial score (nSPS) is 12.3. The van der Waals surface area contributed by atoms with Crippen LogP contribution in [0.15, 0.2) is 66.7 Å². The molecule has 0 bridgehead atoms. The summed E-state index contributed by atoms with van der Waals surface area (Å²) in [5, 5.41) is 6.52. The first kappa shape index (κ1) is 15.6. The Kier molecular flexibility index (Phi) is 3.86. The Morgan fingerprint density at radius 1 is 0.870 bits per heavy atom. The van der Waals surface area contributed by atoms with Gasteiger partial charge >= 0.3 is 6.18 Å². The zero-order valence-corrected chi connectivity index (χ0v) is 12.7. The van der Waals surface area contributed by atoms with Crippen LogP contribution >= 0.6 is 7.14 Å². The fourth-order valence-electron chi connectivity index (χ4n) is 2.31. The fourth-order valence-corrected chi connectivity index (χ4v) is 4.82. The third-order valence-electron chi connectivity index (χ3n) is 3.43. The third kappa shape index (κ3) is 2.82. The van der Waals surface area contributed by atoms with E-state index in [1.807, 2.05) is 5.10 Å².